The van der Waals surface area contributed by atoms with Gasteiger partial charge in [-0.15, -0.1) is 0 Å². The molecule has 0 aromatic heterocycles. The lowest BCUT2D eigenvalue weighted by Gasteiger charge is -2.11. The van der Waals surface area contributed by atoms with Crippen LogP contribution < -0.4 is 10.6 Å². The molecule has 0 atom stereocenters. The van der Waals surface area contributed by atoms with Crippen molar-refractivity contribution in [2.24, 2.45) is 0 Å². The number of carbonyl (C=O) groups is 3. The zero-order valence-corrected chi connectivity index (χ0v) is 15.8. The number of rotatable bonds is 10. The highest BCUT2D eigenvalue weighted by molar-refractivity contribution is 6.04. The van der Waals surface area contributed by atoms with E-state index in [0.717, 1.165) is 5.56 Å². The molecule has 0 saturated heterocycles. The molecule has 0 aliphatic carbocycles. The zero-order valence-electron chi connectivity index (χ0n) is 15.8. The first-order chi connectivity index (χ1) is 13.6. The lowest BCUT2D eigenvalue weighted by atomic mass is 10.1. The summed E-state index contributed by atoms with van der Waals surface area (Å²) in [6.07, 6.45) is -0.0797. The number of amides is 2. The zero-order chi connectivity index (χ0) is 20.2. The number of anilines is 1. The van der Waals surface area contributed by atoms with Crippen molar-refractivity contribution in [2.45, 2.75) is 19.4 Å². The van der Waals surface area contributed by atoms with Crippen molar-refractivity contribution < 1.29 is 23.9 Å². The third-order valence-electron chi connectivity index (χ3n) is 3.85. The summed E-state index contributed by atoms with van der Waals surface area (Å²) in [6.45, 7) is 0.847. The van der Waals surface area contributed by atoms with E-state index in [-0.39, 0.29) is 31.3 Å². The van der Waals surface area contributed by atoms with Crippen LogP contribution in [0.2, 0.25) is 0 Å². The molecule has 0 fully saturated rings. The fraction of sp³-hybridized carbons (Fsp3) is 0.286. The minimum Gasteiger partial charge on any atom is -0.463 e. The topological polar surface area (TPSA) is 93.7 Å². The van der Waals surface area contributed by atoms with E-state index in [2.05, 4.69) is 10.6 Å². The van der Waals surface area contributed by atoms with E-state index in [4.69, 9.17) is 9.47 Å². The Morgan fingerprint density at radius 2 is 1.61 bits per heavy atom. The second kappa shape index (κ2) is 11.5. The summed E-state index contributed by atoms with van der Waals surface area (Å²) in [5.74, 6) is -1.13. The number of esters is 1. The average molecular weight is 384 g/mol. The van der Waals surface area contributed by atoms with Gasteiger partial charge in [0, 0.05) is 20.1 Å². The molecule has 0 radical (unpaired) electrons. The SMILES string of the molecule is COCCOC(=O)CCC(=O)Nc1ccccc1C(=O)NCc1ccccc1. The summed E-state index contributed by atoms with van der Waals surface area (Å²) in [4.78, 5) is 36.2. The highest BCUT2D eigenvalue weighted by Gasteiger charge is 2.14. The summed E-state index contributed by atoms with van der Waals surface area (Å²) < 4.78 is 9.70. The van der Waals surface area contributed by atoms with Gasteiger partial charge in [0.05, 0.1) is 24.3 Å². The molecule has 7 nitrogen and oxygen atoms in total. The largest absolute Gasteiger partial charge is 0.463 e. The normalized spacial score (nSPS) is 10.2. The summed E-state index contributed by atoms with van der Waals surface area (Å²) in [7, 11) is 1.51. The maximum atomic E-state index is 12.5. The van der Waals surface area contributed by atoms with Crippen molar-refractivity contribution in [1.82, 2.24) is 5.32 Å². The second-order valence-corrected chi connectivity index (χ2v) is 5.98. The predicted molar refractivity (Wildman–Crippen MR) is 105 cm³/mol. The number of carbonyl (C=O) groups excluding carboxylic acids is 3. The first-order valence-corrected chi connectivity index (χ1v) is 8.95. The van der Waals surface area contributed by atoms with Gasteiger partial charge in [-0.25, -0.2) is 0 Å². The van der Waals surface area contributed by atoms with Crippen LogP contribution >= 0.6 is 0 Å². The fourth-order valence-corrected chi connectivity index (χ4v) is 2.40. The van der Waals surface area contributed by atoms with Gasteiger partial charge in [-0.3, -0.25) is 14.4 Å². The van der Waals surface area contributed by atoms with Gasteiger partial charge < -0.3 is 20.1 Å². The number of ether oxygens (including phenoxy) is 2. The molecule has 2 N–H and O–H groups in total. The van der Waals surface area contributed by atoms with Crippen LogP contribution in [0.3, 0.4) is 0 Å². The van der Waals surface area contributed by atoms with Gasteiger partial charge in [0.2, 0.25) is 5.91 Å². The predicted octanol–water partition coefficient (Wildman–Crippen LogP) is 2.52. The van der Waals surface area contributed by atoms with E-state index in [1.54, 1.807) is 24.3 Å². The molecular weight excluding hydrogens is 360 g/mol. The third-order valence-corrected chi connectivity index (χ3v) is 3.85. The van der Waals surface area contributed by atoms with Crippen LogP contribution in [-0.2, 0) is 25.6 Å². The van der Waals surface area contributed by atoms with E-state index < -0.39 is 5.97 Å². The van der Waals surface area contributed by atoms with E-state index in [1.807, 2.05) is 30.3 Å². The molecule has 2 aromatic rings. The van der Waals surface area contributed by atoms with Crippen LogP contribution in [0.25, 0.3) is 0 Å². The Balaban J connectivity index is 1.87. The molecule has 2 aromatic carbocycles. The smallest absolute Gasteiger partial charge is 0.306 e. The van der Waals surface area contributed by atoms with Crippen molar-refractivity contribution in [1.29, 1.82) is 0 Å². The molecule has 2 rings (SSSR count). The summed E-state index contributed by atoms with van der Waals surface area (Å²) in [5, 5.41) is 5.51. The molecular formula is C21H24N2O5. The van der Waals surface area contributed by atoms with Crippen LogP contribution in [-0.4, -0.2) is 38.1 Å². The molecule has 148 valence electrons. The lowest BCUT2D eigenvalue weighted by molar-refractivity contribution is -0.145. The van der Waals surface area contributed by atoms with Crippen LogP contribution in [0.15, 0.2) is 54.6 Å². The monoisotopic (exact) mass is 384 g/mol. The van der Waals surface area contributed by atoms with Crippen molar-refractivity contribution in [3.63, 3.8) is 0 Å². The average Bonchev–Trinajstić information content (AvgIpc) is 2.72. The maximum Gasteiger partial charge on any atom is 0.306 e. The van der Waals surface area contributed by atoms with E-state index in [0.29, 0.717) is 24.4 Å². The third kappa shape index (κ3) is 7.20. The summed E-state index contributed by atoms with van der Waals surface area (Å²) in [5.41, 5.74) is 1.73. The quantitative estimate of drug-likeness (QED) is 0.485. The number of hydrogen-bond acceptors (Lipinski definition) is 5. The Morgan fingerprint density at radius 3 is 2.36 bits per heavy atom. The molecule has 2 amide bonds. The first kappa shape index (κ1) is 21.1. The molecule has 0 spiro atoms. The molecule has 0 heterocycles. The maximum absolute atomic E-state index is 12.5. The number of nitrogens with one attached hydrogen (secondary N) is 2. The van der Waals surface area contributed by atoms with Crippen molar-refractivity contribution in [3.05, 3.63) is 65.7 Å². The molecule has 0 unspecified atom stereocenters. The van der Waals surface area contributed by atoms with Gasteiger partial charge in [0.15, 0.2) is 0 Å². The van der Waals surface area contributed by atoms with E-state index >= 15 is 0 Å². The number of benzene rings is 2. The molecule has 0 bridgehead atoms. The van der Waals surface area contributed by atoms with Gasteiger partial charge in [0.25, 0.3) is 5.91 Å². The van der Waals surface area contributed by atoms with Crippen LogP contribution in [0.1, 0.15) is 28.8 Å². The second-order valence-electron chi connectivity index (χ2n) is 5.98. The van der Waals surface area contributed by atoms with Crippen molar-refractivity contribution >= 4 is 23.5 Å². The van der Waals surface area contributed by atoms with Crippen LogP contribution in [0.4, 0.5) is 5.69 Å². The minimum absolute atomic E-state index is 0.0359. The standard InChI is InChI=1S/C21H24N2O5/c1-27-13-14-28-20(25)12-11-19(24)23-18-10-6-5-9-17(18)21(26)22-15-16-7-3-2-4-8-16/h2-10H,11-15H2,1H3,(H,22,26)(H,23,24). The molecule has 0 saturated carbocycles. The van der Waals surface area contributed by atoms with Crippen molar-refractivity contribution in [2.75, 3.05) is 25.6 Å². The molecule has 0 aliphatic heterocycles. The Labute approximate surface area is 164 Å². The summed E-state index contributed by atoms with van der Waals surface area (Å²) in [6, 6.07) is 16.3. The highest BCUT2D eigenvalue weighted by atomic mass is 16.6. The molecule has 7 heteroatoms. The Hall–Kier alpha value is -3.19. The number of hydrogen-bond donors (Lipinski definition) is 2. The Kier molecular flexibility index (Phi) is 8.68. The highest BCUT2D eigenvalue weighted by Crippen LogP contribution is 2.16. The minimum atomic E-state index is -0.471. The lowest BCUT2D eigenvalue weighted by Crippen LogP contribution is -2.25. The van der Waals surface area contributed by atoms with E-state index in [9.17, 15) is 14.4 Å². The van der Waals surface area contributed by atoms with Gasteiger partial charge in [-0.2, -0.15) is 0 Å². The van der Waals surface area contributed by atoms with E-state index in [1.165, 1.54) is 7.11 Å². The Morgan fingerprint density at radius 1 is 0.893 bits per heavy atom. The van der Waals surface area contributed by atoms with Gasteiger partial charge in [0.1, 0.15) is 6.61 Å². The van der Waals surface area contributed by atoms with Crippen LogP contribution in [0.5, 0.6) is 0 Å². The number of methoxy groups -OCH3 is 1. The van der Waals surface area contributed by atoms with Gasteiger partial charge in [-0.05, 0) is 17.7 Å². The number of para-hydroxylation sites is 1. The summed E-state index contributed by atoms with van der Waals surface area (Å²) >= 11 is 0. The van der Waals surface area contributed by atoms with Gasteiger partial charge in [-0.1, -0.05) is 42.5 Å². The fourth-order valence-electron chi connectivity index (χ4n) is 2.40. The van der Waals surface area contributed by atoms with Crippen molar-refractivity contribution in [3.8, 4) is 0 Å². The van der Waals surface area contributed by atoms with Crippen LogP contribution in [0, 0.1) is 0 Å². The molecule has 28 heavy (non-hydrogen) atoms. The Bertz CT molecular complexity index is 792. The molecule has 0 aliphatic rings. The first-order valence-electron chi connectivity index (χ1n) is 8.95. The van der Waals surface area contributed by atoms with Gasteiger partial charge >= 0.3 is 5.97 Å².